The lowest BCUT2D eigenvalue weighted by Crippen LogP contribution is -2.45. The first-order valence-corrected chi connectivity index (χ1v) is 17.2. The van der Waals surface area contributed by atoms with Crippen molar-refractivity contribution < 1.29 is 22.8 Å². The molecule has 3 amide bonds. The van der Waals surface area contributed by atoms with Crippen LogP contribution in [0.15, 0.2) is 96.0 Å². The zero-order valence-electron chi connectivity index (χ0n) is 27.4. The van der Waals surface area contributed by atoms with Gasteiger partial charge in [-0.25, -0.2) is 8.42 Å². The van der Waals surface area contributed by atoms with Crippen molar-refractivity contribution in [3.8, 4) is 0 Å². The van der Waals surface area contributed by atoms with E-state index < -0.39 is 27.9 Å². The predicted molar refractivity (Wildman–Crippen MR) is 185 cm³/mol. The molecule has 5 rings (SSSR count). The summed E-state index contributed by atoms with van der Waals surface area (Å²) in [5, 5.41) is 18.1. The Labute approximate surface area is 281 Å². The molecule has 1 atom stereocenters. The second-order valence-electron chi connectivity index (χ2n) is 11.6. The van der Waals surface area contributed by atoms with E-state index in [1.54, 1.807) is 37.4 Å². The summed E-state index contributed by atoms with van der Waals surface area (Å²) in [5.74, 6) is -0.494. The van der Waals surface area contributed by atoms with Gasteiger partial charge in [-0.15, -0.1) is 0 Å². The Morgan fingerprint density at radius 1 is 0.875 bits per heavy atom. The summed E-state index contributed by atoms with van der Waals surface area (Å²) in [6.07, 6.45) is 3.86. The summed E-state index contributed by atoms with van der Waals surface area (Å²) in [7, 11) is -2.59. The zero-order chi connectivity index (χ0) is 34.5. The third kappa shape index (κ3) is 10.8. The van der Waals surface area contributed by atoms with E-state index in [2.05, 4.69) is 50.5 Å². The van der Waals surface area contributed by atoms with Gasteiger partial charge in [0, 0.05) is 44.0 Å². The Hall–Kier alpha value is -5.01. The number of nitrogens with one attached hydrogen (secondary N) is 5. The molecular formula is C35H43N7O5S. The molecule has 0 radical (unpaired) electrons. The Morgan fingerprint density at radius 2 is 1.50 bits per heavy atom. The minimum Gasteiger partial charge on any atom is -0.354 e. The number of benzene rings is 3. The molecule has 12 nitrogen and oxygen atoms in total. The number of anilines is 1. The number of amides is 3. The molecule has 0 spiro atoms. The standard InChI is InChI=1S/C28H35N7O5S.C7H8/c1-19(26(36)31-17-20-8-9-20)29-12-13-30-27(37)21-14-22(28(38)32-18-23-10-11-33-34-23)16-24(15-21)35(2)41(39,40)25-6-4-3-5-7-25;1-7-5-3-2-4-6-7/h3-7,10-11,14-16,19-20,29H,8-9,12-13,17-18H2,1-2H3,(H,30,37)(H,31,36)(H,32,38)(H,33,34);2-6H,1H3/t19-;/m0./s1. The molecule has 13 heteroatoms. The molecular weight excluding hydrogens is 630 g/mol. The van der Waals surface area contributed by atoms with Gasteiger partial charge >= 0.3 is 0 Å². The Kier molecular flexibility index (Phi) is 12.9. The molecule has 1 aromatic heterocycles. The number of nitrogens with zero attached hydrogens (tertiary/aromatic N) is 2. The number of carbonyl (C=O) groups is 3. The molecule has 1 heterocycles. The van der Waals surface area contributed by atoms with Gasteiger partial charge in [-0.2, -0.15) is 5.10 Å². The molecule has 5 N–H and O–H groups in total. The molecule has 0 saturated heterocycles. The fourth-order valence-electron chi connectivity index (χ4n) is 4.52. The van der Waals surface area contributed by atoms with Crippen LogP contribution in [-0.2, 0) is 21.4 Å². The third-order valence-electron chi connectivity index (χ3n) is 7.66. The summed E-state index contributed by atoms with van der Waals surface area (Å²) < 4.78 is 27.6. The third-order valence-corrected chi connectivity index (χ3v) is 9.46. The second kappa shape index (κ2) is 17.2. The maximum Gasteiger partial charge on any atom is 0.264 e. The van der Waals surface area contributed by atoms with Crippen LogP contribution in [-0.4, -0.2) is 69.1 Å². The molecule has 48 heavy (non-hydrogen) atoms. The van der Waals surface area contributed by atoms with Crippen molar-refractivity contribution in [2.24, 2.45) is 5.92 Å². The van der Waals surface area contributed by atoms with Gasteiger partial charge in [0.1, 0.15) is 0 Å². The van der Waals surface area contributed by atoms with E-state index in [4.69, 9.17) is 0 Å². The lowest BCUT2D eigenvalue weighted by atomic mass is 10.1. The molecule has 0 aliphatic heterocycles. The number of aromatic amines is 1. The van der Waals surface area contributed by atoms with Crippen molar-refractivity contribution in [3.63, 3.8) is 0 Å². The van der Waals surface area contributed by atoms with Gasteiger partial charge in [-0.3, -0.25) is 23.8 Å². The van der Waals surface area contributed by atoms with Crippen LogP contribution < -0.4 is 25.6 Å². The summed E-state index contributed by atoms with van der Waals surface area (Å²) in [6.45, 7) is 5.24. The topological polar surface area (TPSA) is 165 Å². The SMILES string of the molecule is C[C@H](NCCNC(=O)c1cc(C(=O)NCc2ccn[nH]2)cc(N(C)S(=O)(=O)c2ccccc2)c1)C(=O)NCC1CC1.Cc1ccccc1. The average Bonchev–Trinajstić information content (AvgIpc) is 3.79. The van der Waals surface area contributed by atoms with E-state index in [0.717, 1.165) is 17.1 Å². The van der Waals surface area contributed by atoms with Crippen molar-refractivity contribution in [3.05, 3.63) is 114 Å². The van der Waals surface area contributed by atoms with Crippen LogP contribution >= 0.6 is 0 Å². The lowest BCUT2D eigenvalue weighted by molar-refractivity contribution is -0.122. The quantitative estimate of drug-likeness (QED) is 0.128. The predicted octanol–water partition coefficient (Wildman–Crippen LogP) is 3.39. The van der Waals surface area contributed by atoms with E-state index >= 15 is 0 Å². The van der Waals surface area contributed by atoms with Crippen LogP contribution in [0.3, 0.4) is 0 Å². The Bertz CT molecular complexity index is 1750. The van der Waals surface area contributed by atoms with E-state index in [0.29, 0.717) is 24.7 Å². The number of aryl methyl sites for hydroxylation is 1. The van der Waals surface area contributed by atoms with Crippen molar-refractivity contribution in [1.82, 2.24) is 31.5 Å². The van der Waals surface area contributed by atoms with Gasteiger partial charge in [-0.1, -0.05) is 54.1 Å². The van der Waals surface area contributed by atoms with Gasteiger partial charge in [0.25, 0.3) is 21.8 Å². The van der Waals surface area contributed by atoms with Crippen LogP contribution in [0.25, 0.3) is 0 Å². The summed E-state index contributed by atoms with van der Waals surface area (Å²) in [4.78, 5) is 38.4. The van der Waals surface area contributed by atoms with Crippen molar-refractivity contribution in [2.75, 3.05) is 31.0 Å². The first-order chi connectivity index (χ1) is 23.0. The van der Waals surface area contributed by atoms with Crippen molar-refractivity contribution in [1.29, 1.82) is 0 Å². The molecule has 1 saturated carbocycles. The van der Waals surface area contributed by atoms with Crippen LogP contribution in [0.5, 0.6) is 0 Å². The van der Waals surface area contributed by atoms with E-state index in [1.165, 1.54) is 42.9 Å². The molecule has 1 fully saturated rings. The maximum atomic E-state index is 13.3. The maximum absolute atomic E-state index is 13.3. The first-order valence-electron chi connectivity index (χ1n) is 15.8. The minimum absolute atomic E-state index is 0.0731. The highest BCUT2D eigenvalue weighted by Crippen LogP contribution is 2.27. The number of rotatable bonds is 14. The van der Waals surface area contributed by atoms with E-state index in [9.17, 15) is 22.8 Å². The van der Waals surface area contributed by atoms with Gasteiger partial charge in [0.05, 0.1) is 28.9 Å². The van der Waals surface area contributed by atoms with Crippen LogP contribution in [0.2, 0.25) is 0 Å². The van der Waals surface area contributed by atoms with Gasteiger partial charge in [0.15, 0.2) is 0 Å². The smallest absolute Gasteiger partial charge is 0.264 e. The monoisotopic (exact) mass is 673 g/mol. The molecule has 1 aliphatic carbocycles. The largest absolute Gasteiger partial charge is 0.354 e. The Morgan fingerprint density at radius 3 is 2.06 bits per heavy atom. The highest BCUT2D eigenvalue weighted by Gasteiger charge is 2.24. The van der Waals surface area contributed by atoms with E-state index in [1.807, 2.05) is 18.2 Å². The fraction of sp³-hybridized carbons (Fsp3) is 0.314. The number of H-pyrrole nitrogens is 1. The minimum atomic E-state index is -3.96. The number of carbonyl (C=O) groups excluding carboxylic acids is 3. The lowest BCUT2D eigenvalue weighted by Gasteiger charge is -2.21. The molecule has 3 aromatic carbocycles. The van der Waals surface area contributed by atoms with E-state index in [-0.39, 0.29) is 40.7 Å². The molecule has 0 bridgehead atoms. The summed E-state index contributed by atoms with van der Waals surface area (Å²) >= 11 is 0. The normalized spacial score (nSPS) is 13.0. The van der Waals surface area contributed by atoms with Crippen LogP contribution in [0.1, 0.15) is 51.7 Å². The van der Waals surface area contributed by atoms with Crippen LogP contribution in [0, 0.1) is 12.8 Å². The number of hydrogen-bond donors (Lipinski definition) is 5. The number of hydrogen-bond acceptors (Lipinski definition) is 7. The van der Waals surface area contributed by atoms with Crippen molar-refractivity contribution in [2.45, 2.75) is 44.2 Å². The highest BCUT2D eigenvalue weighted by atomic mass is 32.2. The molecule has 4 aromatic rings. The van der Waals surface area contributed by atoms with Gasteiger partial charge in [-0.05, 0) is 69.0 Å². The first kappa shape index (κ1) is 35.8. The van der Waals surface area contributed by atoms with Crippen molar-refractivity contribution >= 4 is 33.4 Å². The average molecular weight is 674 g/mol. The molecule has 254 valence electrons. The molecule has 0 unspecified atom stereocenters. The van der Waals surface area contributed by atoms with Crippen LogP contribution in [0.4, 0.5) is 5.69 Å². The molecule has 1 aliphatic rings. The number of sulfonamides is 1. The fourth-order valence-corrected chi connectivity index (χ4v) is 5.72. The van der Waals surface area contributed by atoms with Gasteiger partial charge < -0.3 is 21.3 Å². The highest BCUT2D eigenvalue weighted by molar-refractivity contribution is 7.92. The summed E-state index contributed by atoms with van der Waals surface area (Å²) in [6, 6.07) is 23.7. The number of aromatic nitrogens is 2. The Balaban J connectivity index is 0.000000659. The summed E-state index contributed by atoms with van der Waals surface area (Å²) in [5.41, 5.74) is 2.37. The zero-order valence-corrected chi connectivity index (χ0v) is 28.2. The van der Waals surface area contributed by atoms with Gasteiger partial charge in [0.2, 0.25) is 5.91 Å². The second-order valence-corrected chi connectivity index (χ2v) is 13.6.